The first-order chi connectivity index (χ1) is 11.9. The summed E-state index contributed by atoms with van der Waals surface area (Å²) in [4.78, 5) is 15.5. The van der Waals surface area contributed by atoms with Crippen LogP contribution in [0.2, 0.25) is 0 Å². The van der Waals surface area contributed by atoms with Gasteiger partial charge >= 0.3 is 0 Å². The van der Waals surface area contributed by atoms with E-state index in [0.717, 1.165) is 31.1 Å². The maximum atomic E-state index is 12.9. The van der Waals surface area contributed by atoms with Gasteiger partial charge in [0.05, 0.1) is 4.90 Å². The molecule has 0 atom stereocenters. The number of benzene rings is 1. The Bertz CT molecular complexity index is 907. The summed E-state index contributed by atoms with van der Waals surface area (Å²) >= 11 is 0. The van der Waals surface area contributed by atoms with E-state index in [0.29, 0.717) is 30.2 Å². The normalized spacial score (nSPS) is 20.0. The Kier molecular flexibility index (Phi) is 4.08. The molecule has 6 nitrogen and oxygen atoms in total. The van der Waals surface area contributed by atoms with Crippen LogP contribution in [0.5, 0.6) is 0 Å². The van der Waals surface area contributed by atoms with Gasteiger partial charge in [0.25, 0.3) is 5.91 Å². The molecule has 2 fully saturated rings. The van der Waals surface area contributed by atoms with Gasteiger partial charge in [-0.25, -0.2) is 8.42 Å². The average molecular weight is 361 g/mol. The Balaban J connectivity index is 1.60. The second-order valence-electron chi connectivity index (χ2n) is 7.27. The van der Waals surface area contributed by atoms with Crippen LogP contribution in [-0.4, -0.2) is 42.7 Å². The molecule has 0 spiro atoms. The average Bonchev–Trinajstić information content (AvgIpc) is 3.29. The molecule has 7 heteroatoms. The predicted molar refractivity (Wildman–Crippen MR) is 95.9 cm³/mol. The van der Waals surface area contributed by atoms with Crippen LogP contribution >= 0.6 is 0 Å². The topological polar surface area (TPSA) is 82.3 Å². The third-order valence-electron chi connectivity index (χ3n) is 5.13. The van der Waals surface area contributed by atoms with Crippen LogP contribution < -0.4 is 5.32 Å². The van der Waals surface area contributed by atoms with Crippen molar-refractivity contribution in [2.45, 2.75) is 43.5 Å². The number of fused-ring (bicyclic) bond motifs is 1. The fourth-order valence-corrected chi connectivity index (χ4v) is 4.75. The van der Waals surface area contributed by atoms with Crippen LogP contribution in [0, 0.1) is 5.92 Å². The summed E-state index contributed by atoms with van der Waals surface area (Å²) in [6.07, 6.45) is 3.86. The van der Waals surface area contributed by atoms with Gasteiger partial charge < -0.3 is 10.3 Å². The summed E-state index contributed by atoms with van der Waals surface area (Å²) in [7, 11) is -3.48. The number of piperidine rings is 1. The first-order valence-corrected chi connectivity index (χ1v) is 10.3. The predicted octanol–water partition coefficient (Wildman–Crippen LogP) is 2.48. The van der Waals surface area contributed by atoms with E-state index in [9.17, 15) is 13.2 Å². The first kappa shape index (κ1) is 16.6. The van der Waals surface area contributed by atoms with E-state index in [4.69, 9.17) is 0 Å². The summed E-state index contributed by atoms with van der Waals surface area (Å²) < 4.78 is 27.3. The van der Waals surface area contributed by atoms with E-state index in [-0.39, 0.29) is 16.8 Å². The molecule has 2 N–H and O–H groups in total. The lowest BCUT2D eigenvalue weighted by Gasteiger charge is -2.29. The molecular formula is C18H23N3O3S. The lowest BCUT2D eigenvalue weighted by Crippen LogP contribution is -2.37. The molecule has 25 heavy (non-hydrogen) atoms. The van der Waals surface area contributed by atoms with Crippen molar-refractivity contribution in [3.05, 3.63) is 30.0 Å². The van der Waals surface area contributed by atoms with Gasteiger partial charge in [0, 0.05) is 30.0 Å². The fraction of sp³-hybridized carbons (Fsp3) is 0.500. The lowest BCUT2D eigenvalue weighted by molar-refractivity contribution is 0.0947. The van der Waals surface area contributed by atoms with Gasteiger partial charge in [-0.3, -0.25) is 4.79 Å². The second-order valence-corrected chi connectivity index (χ2v) is 9.20. The monoisotopic (exact) mass is 361 g/mol. The van der Waals surface area contributed by atoms with Crippen molar-refractivity contribution in [3.63, 3.8) is 0 Å². The maximum Gasteiger partial charge on any atom is 0.267 e. The fourth-order valence-electron chi connectivity index (χ4n) is 3.25. The zero-order valence-electron chi connectivity index (χ0n) is 14.3. The van der Waals surface area contributed by atoms with Crippen LogP contribution in [-0.2, 0) is 10.0 Å². The number of rotatable bonds is 4. The summed E-state index contributed by atoms with van der Waals surface area (Å²) in [5.74, 6) is 0.443. The van der Waals surface area contributed by atoms with Crippen LogP contribution in [0.25, 0.3) is 10.9 Å². The SMILES string of the molecule is CC1CCN(S(=O)(=O)c2ccc3cc(C(=O)NC4CC4)[nH]c3c2)CC1. The summed E-state index contributed by atoms with van der Waals surface area (Å²) in [5.41, 5.74) is 1.15. The van der Waals surface area contributed by atoms with Crippen LogP contribution in [0.15, 0.2) is 29.2 Å². The van der Waals surface area contributed by atoms with Crippen molar-refractivity contribution in [1.82, 2.24) is 14.6 Å². The van der Waals surface area contributed by atoms with Gasteiger partial charge in [0.15, 0.2) is 0 Å². The largest absolute Gasteiger partial charge is 0.350 e. The van der Waals surface area contributed by atoms with E-state index in [1.165, 1.54) is 0 Å². The summed E-state index contributed by atoms with van der Waals surface area (Å²) in [6, 6.07) is 7.09. The van der Waals surface area contributed by atoms with Crippen LogP contribution in [0.1, 0.15) is 43.1 Å². The Morgan fingerprint density at radius 1 is 1.16 bits per heavy atom. The van der Waals surface area contributed by atoms with Crippen molar-refractivity contribution in [2.24, 2.45) is 5.92 Å². The molecule has 2 aliphatic rings. The van der Waals surface area contributed by atoms with Gasteiger partial charge in [-0.2, -0.15) is 4.31 Å². The molecule has 1 aliphatic carbocycles. The number of nitrogens with zero attached hydrogens (tertiary/aromatic N) is 1. The minimum absolute atomic E-state index is 0.131. The van der Waals surface area contributed by atoms with E-state index >= 15 is 0 Å². The Morgan fingerprint density at radius 2 is 1.88 bits per heavy atom. The Labute approximate surface area is 147 Å². The smallest absolute Gasteiger partial charge is 0.267 e. The highest BCUT2D eigenvalue weighted by Crippen LogP contribution is 2.26. The zero-order valence-corrected chi connectivity index (χ0v) is 15.1. The molecule has 0 bridgehead atoms. The van der Waals surface area contributed by atoms with Crippen LogP contribution in [0.3, 0.4) is 0 Å². The zero-order chi connectivity index (χ0) is 17.6. The number of hydrogen-bond donors (Lipinski definition) is 2. The van der Waals surface area contributed by atoms with E-state index in [1.807, 2.05) is 0 Å². The molecule has 2 aromatic rings. The quantitative estimate of drug-likeness (QED) is 0.878. The first-order valence-electron chi connectivity index (χ1n) is 8.87. The number of H-pyrrole nitrogens is 1. The number of carbonyl (C=O) groups is 1. The number of aromatic amines is 1. The number of amides is 1. The summed E-state index contributed by atoms with van der Waals surface area (Å²) in [6.45, 7) is 3.30. The Hall–Kier alpha value is -1.86. The number of nitrogens with one attached hydrogen (secondary N) is 2. The number of sulfonamides is 1. The molecule has 1 aromatic heterocycles. The molecule has 1 aromatic carbocycles. The molecule has 4 rings (SSSR count). The highest BCUT2D eigenvalue weighted by Gasteiger charge is 2.28. The third kappa shape index (κ3) is 3.30. The lowest BCUT2D eigenvalue weighted by atomic mass is 10.0. The molecule has 1 amide bonds. The Morgan fingerprint density at radius 3 is 2.56 bits per heavy atom. The van der Waals surface area contributed by atoms with E-state index in [1.54, 1.807) is 28.6 Å². The molecular weight excluding hydrogens is 338 g/mol. The number of carbonyl (C=O) groups excluding carboxylic acids is 1. The van der Waals surface area contributed by atoms with Gasteiger partial charge in [0.2, 0.25) is 10.0 Å². The van der Waals surface area contributed by atoms with E-state index < -0.39 is 10.0 Å². The van der Waals surface area contributed by atoms with Crippen LogP contribution in [0.4, 0.5) is 0 Å². The standard InChI is InChI=1S/C18H23N3O3S/c1-12-6-8-21(9-7-12)25(23,24)15-5-2-13-10-17(20-16(13)11-15)18(22)19-14-3-4-14/h2,5,10-12,14,20H,3-4,6-9H2,1H3,(H,19,22). The molecule has 1 aliphatic heterocycles. The number of hydrogen-bond acceptors (Lipinski definition) is 3. The third-order valence-corrected chi connectivity index (χ3v) is 7.03. The maximum absolute atomic E-state index is 12.9. The summed E-state index contributed by atoms with van der Waals surface area (Å²) in [5, 5.41) is 3.78. The molecule has 0 radical (unpaired) electrons. The molecule has 1 saturated heterocycles. The van der Waals surface area contributed by atoms with Gasteiger partial charge in [-0.1, -0.05) is 13.0 Å². The minimum atomic E-state index is -3.48. The molecule has 1 saturated carbocycles. The minimum Gasteiger partial charge on any atom is -0.350 e. The molecule has 134 valence electrons. The van der Waals surface area contributed by atoms with Gasteiger partial charge in [0.1, 0.15) is 5.69 Å². The molecule has 2 heterocycles. The van der Waals surface area contributed by atoms with Gasteiger partial charge in [-0.15, -0.1) is 0 Å². The van der Waals surface area contributed by atoms with Gasteiger partial charge in [-0.05, 0) is 49.8 Å². The van der Waals surface area contributed by atoms with Crippen molar-refractivity contribution in [2.75, 3.05) is 13.1 Å². The number of aromatic nitrogens is 1. The van der Waals surface area contributed by atoms with Crippen molar-refractivity contribution >= 4 is 26.8 Å². The van der Waals surface area contributed by atoms with Crippen molar-refractivity contribution in [1.29, 1.82) is 0 Å². The second kappa shape index (κ2) is 6.14. The highest BCUT2D eigenvalue weighted by molar-refractivity contribution is 7.89. The van der Waals surface area contributed by atoms with E-state index in [2.05, 4.69) is 17.2 Å². The molecule has 0 unspecified atom stereocenters. The van der Waals surface area contributed by atoms with Crippen molar-refractivity contribution < 1.29 is 13.2 Å². The highest BCUT2D eigenvalue weighted by atomic mass is 32.2. The van der Waals surface area contributed by atoms with Crippen molar-refractivity contribution in [3.8, 4) is 0 Å².